The maximum Gasteiger partial charge on any atom is 0.472 e. The Bertz CT molecular complexity index is 951. The van der Waals surface area contributed by atoms with E-state index in [-0.39, 0.29) is 24.5 Å². The van der Waals surface area contributed by atoms with Crippen LogP contribution in [0.15, 0.2) is 0 Å². The second kappa shape index (κ2) is 12.1. The molecule has 41 heavy (non-hydrogen) atoms. The van der Waals surface area contributed by atoms with Gasteiger partial charge in [0.2, 0.25) is 0 Å². The lowest BCUT2D eigenvalue weighted by Gasteiger charge is -2.66. The third kappa shape index (κ3) is 5.16. The maximum absolute atomic E-state index is 12.8. The molecule has 0 spiro atoms. The monoisotopic (exact) mass is 594 g/mol. The Morgan fingerprint density at radius 2 is 1.37 bits per heavy atom. The third-order valence-corrected chi connectivity index (χ3v) is 16.1. The van der Waals surface area contributed by atoms with Gasteiger partial charge < -0.3 is 10.00 Å². The minimum absolute atomic E-state index is 0.238. The second-order valence-electron chi connectivity index (χ2n) is 16.1. The Morgan fingerprint density at radius 1 is 0.732 bits per heavy atom. The van der Waals surface area contributed by atoms with E-state index in [9.17, 15) is 14.6 Å². The van der Waals surface area contributed by atoms with Crippen LogP contribution in [0.2, 0.25) is 0 Å². The van der Waals surface area contributed by atoms with Gasteiger partial charge in [0, 0.05) is 0 Å². The molecule has 5 saturated carbocycles. The topological polar surface area (TPSA) is 76.0 Å². The summed E-state index contributed by atoms with van der Waals surface area (Å²) in [5, 5.41) is 12.1. The number of phosphoric ester groups is 1. The van der Waals surface area contributed by atoms with E-state index in [0.29, 0.717) is 77.6 Å². The number of aliphatic hydroxyl groups is 1. The summed E-state index contributed by atoms with van der Waals surface area (Å²) in [6, 6.07) is 0. The van der Waals surface area contributed by atoms with Crippen LogP contribution in [0.5, 0.6) is 0 Å². The van der Waals surface area contributed by atoms with Gasteiger partial charge in [0.25, 0.3) is 0 Å². The zero-order valence-corrected chi connectivity index (χ0v) is 28.7. The SMILES string of the molecule is CCCCO[P@@](=O)(O)OCC1C(C(C)C2C(C)C(C)[C@@H](C3CC4C(C)C(C)[C@H]43)C2O)[C@H]2C(C)[C@H](C)C(C)[C@H](CC)C12. The summed E-state index contributed by atoms with van der Waals surface area (Å²) in [4.78, 5) is 10.5. The quantitative estimate of drug-likeness (QED) is 0.186. The van der Waals surface area contributed by atoms with Gasteiger partial charge in [0.05, 0.1) is 19.3 Å². The zero-order chi connectivity index (χ0) is 30.1. The normalized spacial score (nSPS) is 54.6. The van der Waals surface area contributed by atoms with Crippen molar-refractivity contribution in [2.45, 2.75) is 101 Å². The molecule has 0 heterocycles. The summed E-state index contributed by atoms with van der Waals surface area (Å²) < 4.78 is 24.0. The van der Waals surface area contributed by atoms with Crippen molar-refractivity contribution in [2.24, 2.45) is 107 Å². The van der Waals surface area contributed by atoms with Gasteiger partial charge in [0.1, 0.15) is 0 Å². The van der Waals surface area contributed by atoms with Crippen LogP contribution in [0.1, 0.15) is 94.9 Å². The molecule has 6 heteroatoms. The van der Waals surface area contributed by atoms with E-state index in [1.807, 2.05) is 6.92 Å². The second-order valence-corrected chi connectivity index (χ2v) is 17.5. The number of rotatable bonds is 11. The highest BCUT2D eigenvalue weighted by atomic mass is 31.2. The number of aliphatic hydroxyl groups excluding tert-OH is 1. The van der Waals surface area contributed by atoms with Gasteiger partial charge in [-0.3, -0.25) is 9.05 Å². The highest BCUT2D eigenvalue weighted by Crippen LogP contribution is 2.69. The van der Waals surface area contributed by atoms with E-state index in [4.69, 9.17) is 9.05 Å². The van der Waals surface area contributed by atoms with Crippen LogP contribution in [0.4, 0.5) is 0 Å². The van der Waals surface area contributed by atoms with Crippen LogP contribution in [0, 0.1) is 107 Å². The molecule has 0 aromatic heterocycles. The van der Waals surface area contributed by atoms with Gasteiger partial charge in [-0.1, -0.05) is 82.1 Å². The predicted octanol–water partition coefficient (Wildman–Crippen LogP) is 8.40. The Kier molecular flexibility index (Phi) is 9.59. The molecular weight excluding hydrogens is 531 g/mol. The molecule has 20 atom stereocenters. The molecule has 0 saturated heterocycles. The van der Waals surface area contributed by atoms with Crippen molar-refractivity contribution >= 4 is 7.82 Å². The Balaban J connectivity index is 1.37. The molecular formula is C35H63O5P. The molecule has 0 amide bonds. The number of unbranched alkanes of at least 4 members (excludes halogenated alkanes) is 1. The van der Waals surface area contributed by atoms with E-state index in [1.54, 1.807) is 0 Å². The lowest BCUT2D eigenvalue weighted by molar-refractivity contribution is -0.200. The van der Waals surface area contributed by atoms with Crippen LogP contribution in [0.3, 0.4) is 0 Å². The van der Waals surface area contributed by atoms with Crippen LogP contribution >= 0.6 is 7.82 Å². The summed E-state index contributed by atoms with van der Waals surface area (Å²) in [7, 11) is -4.08. The average molecular weight is 595 g/mol. The van der Waals surface area contributed by atoms with Gasteiger partial charge in [-0.2, -0.15) is 0 Å². The van der Waals surface area contributed by atoms with Crippen LogP contribution in [-0.4, -0.2) is 29.3 Å². The van der Waals surface area contributed by atoms with Crippen molar-refractivity contribution in [3.63, 3.8) is 0 Å². The van der Waals surface area contributed by atoms with Gasteiger partial charge in [0.15, 0.2) is 0 Å². The first-order valence-electron chi connectivity index (χ1n) is 17.6. The number of fused-ring (bicyclic) bond motifs is 2. The van der Waals surface area contributed by atoms with Gasteiger partial charge >= 0.3 is 7.82 Å². The Labute approximate surface area is 251 Å². The van der Waals surface area contributed by atoms with E-state index < -0.39 is 7.82 Å². The van der Waals surface area contributed by atoms with Crippen LogP contribution < -0.4 is 0 Å². The molecule has 0 radical (unpaired) electrons. The van der Waals surface area contributed by atoms with Crippen molar-refractivity contribution in [1.82, 2.24) is 0 Å². The summed E-state index contributed by atoms with van der Waals surface area (Å²) in [6.07, 6.45) is 3.88. The number of hydrogen-bond acceptors (Lipinski definition) is 4. The minimum atomic E-state index is -4.08. The largest absolute Gasteiger partial charge is 0.472 e. The minimum Gasteiger partial charge on any atom is -0.393 e. The number of hydrogen-bond donors (Lipinski definition) is 2. The van der Waals surface area contributed by atoms with Crippen molar-refractivity contribution in [1.29, 1.82) is 0 Å². The molecule has 0 bridgehead atoms. The molecule has 0 aromatic carbocycles. The van der Waals surface area contributed by atoms with Gasteiger partial charge in [-0.15, -0.1) is 0 Å². The van der Waals surface area contributed by atoms with E-state index in [2.05, 4.69) is 62.3 Å². The molecule has 5 nitrogen and oxygen atoms in total. The molecule has 2 N–H and O–H groups in total. The van der Waals surface area contributed by atoms with Crippen LogP contribution in [0.25, 0.3) is 0 Å². The summed E-state index contributed by atoms with van der Waals surface area (Å²) in [5.41, 5.74) is 0. The molecule has 5 aliphatic carbocycles. The predicted molar refractivity (Wildman–Crippen MR) is 166 cm³/mol. The molecule has 238 valence electrons. The summed E-state index contributed by atoms with van der Waals surface area (Å²) >= 11 is 0. The summed E-state index contributed by atoms with van der Waals surface area (Å²) in [6.45, 7) is 24.4. The fourth-order valence-corrected chi connectivity index (χ4v) is 13.1. The molecule has 0 aromatic rings. The molecule has 14 unspecified atom stereocenters. The first kappa shape index (κ1) is 32.5. The average Bonchev–Trinajstić information content (AvgIpc) is 3.11. The standard InChI is InChI=1S/C35H63O5P/c1-11-13-14-39-41(37,38)40-16-28-31(33-20(6)17(3)18(4)25(12-2)34(28)33)24(10)29-22(8)23(9)32(35(29)36)27-15-26-19(5)21(7)30(26)27/h17-36H,11-16H2,1-10H3,(H,37,38)/t17-,18?,19?,20?,21?,22?,23?,24?,25+,26?,27?,28?,29?,30-,31?,32+,33-,34?,35?/m1/s1. The third-order valence-electron chi connectivity index (χ3n) is 15.2. The van der Waals surface area contributed by atoms with Crippen LogP contribution in [-0.2, 0) is 13.6 Å². The zero-order valence-electron chi connectivity index (χ0n) is 27.8. The van der Waals surface area contributed by atoms with Crippen molar-refractivity contribution < 1.29 is 23.6 Å². The smallest absolute Gasteiger partial charge is 0.393 e. The molecule has 5 rings (SSSR count). The number of phosphoric acid groups is 1. The van der Waals surface area contributed by atoms with Crippen molar-refractivity contribution in [3.05, 3.63) is 0 Å². The first-order valence-corrected chi connectivity index (χ1v) is 19.1. The van der Waals surface area contributed by atoms with Crippen molar-refractivity contribution in [3.8, 4) is 0 Å². The highest BCUT2D eigenvalue weighted by molar-refractivity contribution is 7.47. The molecule has 0 aliphatic heterocycles. The van der Waals surface area contributed by atoms with Gasteiger partial charge in [-0.05, 0) is 119 Å². The fraction of sp³-hybridized carbons (Fsp3) is 1.00. The first-order chi connectivity index (χ1) is 19.3. The molecule has 5 aliphatic rings. The van der Waals surface area contributed by atoms with Crippen molar-refractivity contribution in [2.75, 3.05) is 13.2 Å². The lowest BCUT2D eigenvalue weighted by atomic mass is 9.39. The van der Waals surface area contributed by atoms with E-state index >= 15 is 0 Å². The van der Waals surface area contributed by atoms with E-state index in [0.717, 1.165) is 42.9 Å². The Hall–Kier alpha value is 0.0700. The van der Waals surface area contributed by atoms with Gasteiger partial charge in [-0.25, -0.2) is 4.57 Å². The highest BCUT2D eigenvalue weighted by Gasteiger charge is 2.66. The summed E-state index contributed by atoms with van der Waals surface area (Å²) in [5.74, 6) is 10.3. The lowest BCUT2D eigenvalue weighted by Crippen LogP contribution is -2.63. The maximum atomic E-state index is 12.8. The fourth-order valence-electron chi connectivity index (χ4n) is 12.3. The molecule has 5 fully saturated rings. The van der Waals surface area contributed by atoms with E-state index in [1.165, 1.54) is 6.42 Å². The Morgan fingerprint density at radius 3 is 1.98 bits per heavy atom.